The first-order valence-electron chi connectivity index (χ1n) is 18.6. The lowest BCUT2D eigenvalue weighted by molar-refractivity contribution is -0.147. The van der Waals surface area contributed by atoms with Gasteiger partial charge in [0.15, 0.2) is 0 Å². The lowest BCUT2D eigenvalue weighted by Gasteiger charge is -2.36. The van der Waals surface area contributed by atoms with Crippen LogP contribution in [-0.4, -0.2) is 156 Å². The first-order chi connectivity index (χ1) is 24.7. The Morgan fingerprint density at radius 1 is 0.648 bits per heavy atom. The Balaban J connectivity index is 6.13. The number of nitrogens with zero attached hydrogens (tertiary/aromatic N) is 4. The molecule has 0 aromatic heterocycles. The van der Waals surface area contributed by atoms with Gasteiger partial charge in [0.2, 0.25) is 47.3 Å². The average Bonchev–Trinajstić information content (AvgIpc) is 3.08. The zero-order valence-electron chi connectivity index (χ0n) is 35.2. The van der Waals surface area contributed by atoms with E-state index in [4.69, 9.17) is 0 Å². The summed E-state index contributed by atoms with van der Waals surface area (Å²) < 4.78 is 0. The predicted molar refractivity (Wildman–Crippen MR) is 204 cm³/mol. The molecule has 6 atom stereocenters. The minimum absolute atomic E-state index is 0.0686. The molecule has 0 aliphatic rings. The Kier molecular flexibility index (Phi) is 20.4. The standard InChI is InChI=1S/C37H68N8O9/c1-16-17-28(46)42(12)20-29(47)44(14)27(19-37(9,10)54)34(51)41-30(22(4)5)36(53)45(15)26(18-21(2)3)33(50)39-23(6)31(48)40-24(7)35(52)43(13)25(8)32(49)38-11/h21-27,30,54H,16-20H2,1-15H3,(H,38,49)(H,39,50)(H,40,48)(H,41,51)/t23-,24+,25-,26+,27+,30+/m1/s1. The summed E-state index contributed by atoms with van der Waals surface area (Å²) in [7, 11) is 7.21. The van der Waals surface area contributed by atoms with Gasteiger partial charge < -0.3 is 46.0 Å². The van der Waals surface area contributed by atoms with Gasteiger partial charge in [-0.2, -0.15) is 0 Å². The van der Waals surface area contributed by atoms with Crippen LogP contribution in [0.4, 0.5) is 0 Å². The second-order valence-electron chi connectivity index (χ2n) is 15.6. The molecule has 0 aromatic rings. The van der Waals surface area contributed by atoms with Crippen molar-refractivity contribution in [2.24, 2.45) is 11.8 Å². The molecule has 0 unspecified atom stereocenters. The highest BCUT2D eigenvalue weighted by Gasteiger charge is 2.39. The fourth-order valence-electron chi connectivity index (χ4n) is 5.54. The van der Waals surface area contributed by atoms with E-state index in [1.165, 1.54) is 77.6 Å². The van der Waals surface area contributed by atoms with Crippen molar-refractivity contribution in [2.75, 3.05) is 41.8 Å². The van der Waals surface area contributed by atoms with Crippen molar-refractivity contribution in [3.05, 3.63) is 0 Å². The van der Waals surface area contributed by atoms with E-state index in [0.717, 1.165) is 4.90 Å². The molecular weight excluding hydrogens is 700 g/mol. The molecule has 0 aromatic carbocycles. The summed E-state index contributed by atoms with van der Waals surface area (Å²) in [6, 6.07) is -6.32. The van der Waals surface area contributed by atoms with Gasteiger partial charge in [-0.3, -0.25) is 38.4 Å². The number of carbonyl (C=O) groups is 8. The van der Waals surface area contributed by atoms with Gasteiger partial charge in [-0.05, 0) is 59.3 Å². The molecule has 310 valence electrons. The Hall–Kier alpha value is -4.28. The topological polar surface area (TPSA) is 218 Å². The monoisotopic (exact) mass is 769 g/mol. The highest BCUT2D eigenvalue weighted by molar-refractivity contribution is 5.97. The van der Waals surface area contributed by atoms with Crippen molar-refractivity contribution in [3.8, 4) is 0 Å². The molecule has 0 heterocycles. The lowest BCUT2D eigenvalue weighted by atomic mass is 9.95. The minimum Gasteiger partial charge on any atom is -0.390 e. The number of likely N-dealkylation sites (N-methyl/N-ethyl adjacent to an activating group) is 5. The minimum atomic E-state index is -1.39. The van der Waals surface area contributed by atoms with Crippen molar-refractivity contribution < 1.29 is 43.5 Å². The fraction of sp³-hybridized carbons (Fsp3) is 0.784. The number of aliphatic hydroxyl groups is 1. The SMILES string of the molecule is CCCC(=O)N(C)CC(=O)N(C)[C@@H](CC(C)(C)O)C(=O)N[C@H](C(=O)N(C)[C@@H](CC(C)C)C(=O)N[C@H](C)C(=O)N[C@@H](C)C(=O)N(C)[C@H](C)C(=O)NC)C(C)C. The van der Waals surface area contributed by atoms with E-state index in [0.29, 0.717) is 6.42 Å². The van der Waals surface area contributed by atoms with Crippen molar-refractivity contribution in [2.45, 2.75) is 137 Å². The van der Waals surface area contributed by atoms with E-state index in [1.54, 1.807) is 20.8 Å². The maximum atomic E-state index is 14.1. The van der Waals surface area contributed by atoms with Crippen LogP contribution in [0.3, 0.4) is 0 Å². The number of carbonyl (C=O) groups excluding carboxylic acids is 8. The van der Waals surface area contributed by atoms with Gasteiger partial charge in [-0.25, -0.2) is 0 Å². The number of rotatable bonds is 21. The average molecular weight is 769 g/mol. The van der Waals surface area contributed by atoms with Crippen LogP contribution in [-0.2, 0) is 38.4 Å². The van der Waals surface area contributed by atoms with Gasteiger partial charge in [-0.1, -0.05) is 34.6 Å². The molecule has 0 rings (SSSR count). The predicted octanol–water partition coefficient (Wildman–Crippen LogP) is -0.151. The number of amides is 8. The van der Waals surface area contributed by atoms with Crippen LogP contribution in [0.25, 0.3) is 0 Å². The van der Waals surface area contributed by atoms with Crippen LogP contribution in [0.2, 0.25) is 0 Å². The molecule has 8 amide bonds. The van der Waals surface area contributed by atoms with E-state index in [9.17, 15) is 43.5 Å². The third kappa shape index (κ3) is 15.6. The van der Waals surface area contributed by atoms with Crippen molar-refractivity contribution in [1.29, 1.82) is 0 Å². The van der Waals surface area contributed by atoms with Crippen molar-refractivity contribution in [3.63, 3.8) is 0 Å². The molecule has 17 heteroatoms. The summed E-state index contributed by atoms with van der Waals surface area (Å²) in [5.41, 5.74) is -1.39. The third-order valence-corrected chi connectivity index (χ3v) is 9.20. The highest BCUT2D eigenvalue weighted by Crippen LogP contribution is 2.19. The molecule has 0 saturated carbocycles. The van der Waals surface area contributed by atoms with Crippen LogP contribution in [0, 0.1) is 11.8 Å². The summed E-state index contributed by atoms with van der Waals surface area (Å²) >= 11 is 0. The summed E-state index contributed by atoms with van der Waals surface area (Å²) in [6.07, 6.45) is 0.897. The maximum Gasteiger partial charge on any atom is 0.245 e. The normalized spacial score (nSPS) is 14.8. The summed E-state index contributed by atoms with van der Waals surface area (Å²) in [6.45, 7) is 16.1. The molecule has 17 nitrogen and oxygen atoms in total. The molecule has 0 aliphatic carbocycles. The van der Waals surface area contributed by atoms with Crippen molar-refractivity contribution in [1.82, 2.24) is 40.9 Å². The van der Waals surface area contributed by atoms with Crippen LogP contribution < -0.4 is 21.3 Å². The van der Waals surface area contributed by atoms with Crippen LogP contribution in [0.1, 0.15) is 94.9 Å². The molecule has 0 radical (unpaired) electrons. The number of hydrogen-bond donors (Lipinski definition) is 5. The Morgan fingerprint density at radius 2 is 1.17 bits per heavy atom. The second kappa shape index (κ2) is 22.2. The van der Waals surface area contributed by atoms with Gasteiger partial charge in [0, 0.05) is 48.1 Å². The first-order valence-corrected chi connectivity index (χ1v) is 18.6. The van der Waals surface area contributed by atoms with Gasteiger partial charge in [0.05, 0.1) is 12.1 Å². The summed E-state index contributed by atoms with van der Waals surface area (Å²) in [5.74, 6) is -4.79. The molecular formula is C37H68N8O9. The zero-order chi connectivity index (χ0) is 42.4. The van der Waals surface area contributed by atoms with Crippen LogP contribution in [0.5, 0.6) is 0 Å². The van der Waals surface area contributed by atoms with Gasteiger partial charge in [0.25, 0.3) is 0 Å². The van der Waals surface area contributed by atoms with Gasteiger partial charge >= 0.3 is 0 Å². The number of nitrogens with one attached hydrogen (secondary N) is 4. The second-order valence-corrected chi connectivity index (χ2v) is 15.6. The molecule has 54 heavy (non-hydrogen) atoms. The van der Waals surface area contributed by atoms with E-state index < -0.39 is 83.2 Å². The van der Waals surface area contributed by atoms with Crippen molar-refractivity contribution >= 4 is 47.3 Å². The number of hydrogen-bond acceptors (Lipinski definition) is 9. The Bertz CT molecular complexity index is 1330. The quantitative estimate of drug-likeness (QED) is 0.105. The van der Waals surface area contributed by atoms with E-state index in [-0.39, 0.29) is 43.5 Å². The zero-order valence-corrected chi connectivity index (χ0v) is 35.2. The van der Waals surface area contributed by atoms with E-state index in [2.05, 4.69) is 21.3 Å². The van der Waals surface area contributed by atoms with Crippen LogP contribution in [0.15, 0.2) is 0 Å². The molecule has 0 saturated heterocycles. The lowest BCUT2D eigenvalue weighted by Crippen LogP contribution is -2.60. The van der Waals surface area contributed by atoms with E-state index in [1.807, 2.05) is 20.8 Å². The van der Waals surface area contributed by atoms with Gasteiger partial charge in [0.1, 0.15) is 36.3 Å². The third-order valence-electron chi connectivity index (χ3n) is 9.20. The Morgan fingerprint density at radius 3 is 1.63 bits per heavy atom. The summed E-state index contributed by atoms with van der Waals surface area (Å²) in [5, 5.41) is 21.1. The fourth-order valence-corrected chi connectivity index (χ4v) is 5.54. The molecule has 0 fully saturated rings. The largest absolute Gasteiger partial charge is 0.390 e. The van der Waals surface area contributed by atoms with E-state index >= 15 is 0 Å². The smallest absolute Gasteiger partial charge is 0.245 e. The highest BCUT2D eigenvalue weighted by atomic mass is 16.3. The molecule has 0 spiro atoms. The molecule has 0 bridgehead atoms. The van der Waals surface area contributed by atoms with Gasteiger partial charge in [-0.15, -0.1) is 0 Å². The van der Waals surface area contributed by atoms with Crippen LogP contribution >= 0.6 is 0 Å². The summed E-state index contributed by atoms with van der Waals surface area (Å²) in [4.78, 5) is 110. The maximum absolute atomic E-state index is 14.1. The Labute approximate surface area is 321 Å². The molecule has 0 aliphatic heterocycles. The molecule has 5 N–H and O–H groups in total. The first kappa shape index (κ1) is 49.7.